The van der Waals surface area contributed by atoms with Gasteiger partial charge in [0.1, 0.15) is 11.9 Å². The van der Waals surface area contributed by atoms with E-state index < -0.39 is 5.82 Å². The Bertz CT molecular complexity index is 1050. The van der Waals surface area contributed by atoms with Crippen LogP contribution >= 0.6 is 23.5 Å². The highest BCUT2D eigenvalue weighted by Gasteiger charge is 2.12. The third-order valence-corrected chi connectivity index (χ3v) is 5.08. The zero-order valence-corrected chi connectivity index (χ0v) is 16.4. The number of hydrogen-bond donors (Lipinski definition) is 1. The fourth-order valence-electron chi connectivity index (χ4n) is 2.47. The lowest BCUT2D eigenvalue weighted by Gasteiger charge is -2.18. The van der Waals surface area contributed by atoms with Crippen LogP contribution in [0.1, 0.15) is 15.9 Å². The maximum Gasteiger partial charge on any atom is 0.255 e. The summed E-state index contributed by atoms with van der Waals surface area (Å²) in [5, 5.41) is 12.4. The maximum atomic E-state index is 13.3. The molecule has 0 aromatic heterocycles. The Balaban J connectivity index is 1.75. The van der Waals surface area contributed by atoms with Crippen LogP contribution in [0.2, 0.25) is 5.02 Å². The highest BCUT2D eigenvalue weighted by molar-refractivity contribution is 8.00. The standard InChI is InChI=1S/C21H15ClFN3OS/c1-26(18-8-5-16(22)6-9-18)28-19-4-2-3-14(12-19)21(27)25-20-10-7-17(23)11-15(20)13-24/h2-12H,1H3,(H,25,27). The molecule has 1 amide bonds. The Hall–Kier alpha value is -3.01. The Kier molecular flexibility index (Phi) is 6.19. The van der Waals surface area contributed by atoms with Gasteiger partial charge in [0, 0.05) is 28.2 Å². The lowest BCUT2D eigenvalue weighted by Crippen LogP contribution is -2.13. The zero-order chi connectivity index (χ0) is 20.1. The van der Waals surface area contributed by atoms with Gasteiger partial charge in [-0.1, -0.05) is 17.7 Å². The summed E-state index contributed by atoms with van der Waals surface area (Å²) < 4.78 is 15.2. The van der Waals surface area contributed by atoms with Crippen LogP contribution in [0.25, 0.3) is 0 Å². The molecule has 0 saturated carbocycles. The number of carbonyl (C=O) groups excluding carboxylic acids is 1. The van der Waals surface area contributed by atoms with Crippen molar-refractivity contribution in [2.45, 2.75) is 4.90 Å². The minimum Gasteiger partial charge on any atom is -0.321 e. The molecular weight excluding hydrogens is 397 g/mol. The summed E-state index contributed by atoms with van der Waals surface area (Å²) in [4.78, 5) is 13.4. The molecule has 0 saturated heterocycles. The molecule has 3 aromatic carbocycles. The van der Waals surface area contributed by atoms with E-state index >= 15 is 0 Å². The number of nitriles is 1. The third kappa shape index (κ3) is 4.83. The minimum atomic E-state index is -0.529. The van der Waals surface area contributed by atoms with Gasteiger partial charge in [-0.15, -0.1) is 0 Å². The number of amides is 1. The Labute approximate surface area is 171 Å². The molecule has 0 spiro atoms. The second-order valence-corrected chi connectivity index (χ2v) is 7.49. The normalized spacial score (nSPS) is 10.2. The lowest BCUT2D eigenvalue weighted by atomic mass is 10.1. The molecule has 28 heavy (non-hydrogen) atoms. The number of halogens is 2. The monoisotopic (exact) mass is 411 g/mol. The summed E-state index contributed by atoms with van der Waals surface area (Å²) in [6, 6.07) is 20.1. The van der Waals surface area contributed by atoms with Crippen molar-refractivity contribution in [1.82, 2.24) is 0 Å². The van der Waals surface area contributed by atoms with E-state index in [0.29, 0.717) is 10.6 Å². The van der Waals surface area contributed by atoms with Gasteiger partial charge in [-0.25, -0.2) is 4.39 Å². The summed E-state index contributed by atoms with van der Waals surface area (Å²) in [7, 11) is 1.92. The molecule has 0 aliphatic heterocycles. The summed E-state index contributed by atoms with van der Waals surface area (Å²) >= 11 is 7.38. The molecule has 3 rings (SSSR count). The first-order valence-corrected chi connectivity index (χ1v) is 9.40. The highest BCUT2D eigenvalue weighted by atomic mass is 35.5. The number of hydrogen-bond acceptors (Lipinski definition) is 4. The number of anilines is 2. The molecule has 140 valence electrons. The van der Waals surface area contributed by atoms with Crippen LogP contribution in [0.4, 0.5) is 15.8 Å². The van der Waals surface area contributed by atoms with Crippen molar-refractivity contribution in [3.63, 3.8) is 0 Å². The molecule has 0 unspecified atom stereocenters. The van der Waals surface area contributed by atoms with Crippen molar-refractivity contribution in [1.29, 1.82) is 5.26 Å². The van der Waals surface area contributed by atoms with E-state index in [1.807, 2.05) is 47.8 Å². The van der Waals surface area contributed by atoms with Crippen molar-refractivity contribution in [2.24, 2.45) is 0 Å². The molecule has 0 bridgehead atoms. The molecule has 0 aliphatic rings. The van der Waals surface area contributed by atoms with Gasteiger partial charge < -0.3 is 9.62 Å². The largest absolute Gasteiger partial charge is 0.321 e. The van der Waals surface area contributed by atoms with Crippen LogP contribution in [-0.2, 0) is 0 Å². The van der Waals surface area contributed by atoms with E-state index in [0.717, 1.165) is 16.6 Å². The number of carbonyl (C=O) groups is 1. The Morgan fingerprint density at radius 2 is 1.89 bits per heavy atom. The van der Waals surface area contributed by atoms with Crippen molar-refractivity contribution in [3.05, 3.63) is 88.7 Å². The molecular formula is C21H15ClFN3OS. The predicted octanol–water partition coefficient (Wildman–Crippen LogP) is 5.75. The van der Waals surface area contributed by atoms with Gasteiger partial charge >= 0.3 is 0 Å². The van der Waals surface area contributed by atoms with Crippen molar-refractivity contribution in [3.8, 4) is 6.07 Å². The molecule has 3 aromatic rings. The van der Waals surface area contributed by atoms with E-state index in [1.165, 1.54) is 24.1 Å². The van der Waals surface area contributed by atoms with Gasteiger partial charge in [0.2, 0.25) is 0 Å². The van der Waals surface area contributed by atoms with Crippen LogP contribution in [0.3, 0.4) is 0 Å². The van der Waals surface area contributed by atoms with Gasteiger partial charge in [0.05, 0.1) is 11.3 Å². The fraction of sp³-hybridized carbons (Fsp3) is 0.0476. The van der Waals surface area contributed by atoms with Crippen LogP contribution in [0, 0.1) is 17.1 Å². The van der Waals surface area contributed by atoms with Gasteiger partial charge in [0.25, 0.3) is 5.91 Å². The van der Waals surface area contributed by atoms with E-state index in [9.17, 15) is 9.18 Å². The number of nitrogens with zero attached hydrogens (tertiary/aromatic N) is 2. The van der Waals surface area contributed by atoms with Crippen molar-refractivity contribution >= 4 is 40.8 Å². The average molecular weight is 412 g/mol. The van der Waals surface area contributed by atoms with E-state index in [-0.39, 0.29) is 17.2 Å². The molecule has 0 fully saturated rings. The summed E-state index contributed by atoms with van der Waals surface area (Å²) in [6.07, 6.45) is 0. The smallest absolute Gasteiger partial charge is 0.255 e. The Morgan fingerprint density at radius 1 is 1.14 bits per heavy atom. The fourth-order valence-corrected chi connectivity index (χ4v) is 3.46. The molecule has 0 atom stereocenters. The van der Waals surface area contributed by atoms with Crippen LogP contribution in [0.5, 0.6) is 0 Å². The molecule has 1 N–H and O–H groups in total. The summed E-state index contributed by atoms with van der Waals surface area (Å²) in [5.74, 6) is -0.905. The summed E-state index contributed by atoms with van der Waals surface area (Å²) in [6.45, 7) is 0. The first-order chi connectivity index (χ1) is 13.5. The predicted molar refractivity (Wildman–Crippen MR) is 111 cm³/mol. The molecule has 4 nitrogen and oxygen atoms in total. The topological polar surface area (TPSA) is 56.1 Å². The third-order valence-electron chi connectivity index (χ3n) is 3.88. The number of nitrogens with one attached hydrogen (secondary N) is 1. The first-order valence-electron chi connectivity index (χ1n) is 8.24. The Morgan fingerprint density at radius 3 is 2.61 bits per heavy atom. The van der Waals surface area contributed by atoms with E-state index in [4.69, 9.17) is 16.9 Å². The molecule has 0 aliphatic carbocycles. The van der Waals surface area contributed by atoms with Gasteiger partial charge in [-0.2, -0.15) is 5.26 Å². The minimum absolute atomic E-state index is 0.0707. The molecule has 0 radical (unpaired) electrons. The number of rotatable bonds is 5. The van der Waals surface area contributed by atoms with Crippen LogP contribution in [0.15, 0.2) is 71.6 Å². The molecule has 7 heteroatoms. The lowest BCUT2D eigenvalue weighted by molar-refractivity contribution is 0.102. The number of benzene rings is 3. The second-order valence-electron chi connectivity index (χ2n) is 5.85. The van der Waals surface area contributed by atoms with Crippen LogP contribution < -0.4 is 9.62 Å². The van der Waals surface area contributed by atoms with Gasteiger partial charge in [-0.3, -0.25) is 4.79 Å². The quantitative estimate of drug-likeness (QED) is 0.543. The highest BCUT2D eigenvalue weighted by Crippen LogP contribution is 2.29. The SMILES string of the molecule is CN(Sc1cccc(C(=O)Nc2ccc(F)cc2C#N)c1)c1ccc(Cl)cc1. The summed E-state index contributed by atoms with van der Waals surface area (Å²) in [5.41, 5.74) is 1.74. The average Bonchev–Trinajstić information content (AvgIpc) is 2.70. The van der Waals surface area contributed by atoms with Crippen LogP contribution in [-0.4, -0.2) is 13.0 Å². The zero-order valence-electron chi connectivity index (χ0n) is 14.8. The first kappa shape index (κ1) is 19.7. The van der Waals surface area contributed by atoms with Crippen molar-refractivity contribution in [2.75, 3.05) is 16.7 Å². The van der Waals surface area contributed by atoms with E-state index in [2.05, 4.69) is 5.32 Å². The molecule has 0 heterocycles. The van der Waals surface area contributed by atoms with E-state index in [1.54, 1.807) is 18.2 Å². The second kappa shape index (κ2) is 8.79. The van der Waals surface area contributed by atoms with Crippen molar-refractivity contribution < 1.29 is 9.18 Å². The van der Waals surface area contributed by atoms with Gasteiger partial charge in [-0.05, 0) is 72.6 Å². The maximum absolute atomic E-state index is 13.3. The van der Waals surface area contributed by atoms with Gasteiger partial charge in [0.15, 0.2) is 0 Å².